The lowest BCUT2D eigenvalue weighted by Gasteiger charge is -2.32. The summed E-state index contributed by atoms with van der Waals surface area (Å²) in [7, 11) is 0. The van der Waals surface area contributed by atoms with E-state index in [9.17, 15) is 24.5 Å². The van der Waals surface area contributed by atoms with E-state index in [1.54, 1.807) is 6.07 Å². The Kier molecular flexibility index (Phi) is 8.63. The van der Waals surface area contributed by atoms with Gasteiger partial charge in [0.25, 0.3) is 11.6 Å². The molecular formula is C26H32N4O6. The molecule has 0 spiro atoms. The van der Waals surface area contributed by atoms with Gasteiger partial charge in [0.05, 0.1) is 17.0 Å². The van der Waals surface area contributed by atoms with Crippen molar-refractivity contribution in [2.45, 2.75) is 46.6 Å². The summed E-state index contributed by atoms with van der Waals surface area (Å²) in [4.78, 5) is 50.4. The molecule has 1 aliphatic heterocycles. The Morgan fingerprint density at radius 2 is 1.89 bits per heavy atom. The molecule has 36 heavy (non-hydrogen) atoms. The Balaban J connectivity index is 1.59. The van der Waals surface area contributed by atoms with Gasteiger partial charge in [-0.25, -0.2) is 4.79 Å². The van der Waals surface area contributed by atoms with Gasteiger partial charge in [-0.1, -0.05) is 25.1 Å². The van der Waals surface area contributed by atoms with Crippen LogP contribution in [0.25, 0.3) is 0 Å². The van der Waals surface area contributed by atoms with Gasteiger partial charge in [0.2, 0.25) is 5.91 Å². The first-order valence-electron chi connectivity index (χ1n) is 11.9. The standard InChI is InChI=1S/C26H32N4O6/c1-16-7-6-12-29(15-16)21-11-10-20(13-22(21)30(34)35)26(33)36-19(4)25(32)27-14-23(31)28-24-17(2)8-5-9-18(24)3/h5,8-11,13,16,19H,6-7,12,14-15H2,1-4H3,(H,27,32)(H,28,31). The minimum atomic E-state index is -1.20. The molecule has 0 aromatic heterocycles. The highest BCUT2D eigenvalue weighted by Crippen LogP contribution is 2.32. The summed E-state index contributed by atoms with van der Waals surface area (Å²) in [5.74, 6) is -1.52. The molecule has 2 unspecified atom stereocenters. The number of hydrogen-bond donors (Lipinski definition) is 2. The molecule has 192 valence electrons. The predicted molar refractivity (Wildman–Crippen MR) is 136 cm³/mol. The number of nitrogens with zero attached hydrogens (tertiary/aromatic N) is 2. The first kappa shape index (κ1) is 26.7. The number of carbonyl (C=O) groups is 3. The van der Waals surface area contributed by atoms with Crippen LogP contribution in [-0.2, 0) is 14.3 Å². The number of ether oxygens (including phenoxy) is 1. The normalized spacial score (nSPS) is 16.1. The van der Waals surface area contributed by atoms with Crippen LogP contribution in [0.15, 0.2) is 36.4 Å². The summed E-state index contributed by atoms with van der Waals surface area (Å²) in [6.07, 6.45) is 0.811. The Bertz CT molecular complexity index is 1140. The number of nitro groups is 1. The first-order valence-corrected chi connectivity index (χ1v) is 11.9. The SMILES string of the molecule is Cc1cccc(C)c1NC(=O)CNC(=O)C(C)OC(=O)c1ccc(N2CCCC(C)C2)c([N+](=O)[O-])c1. The molecule has 0 aliphatic carbocycles. The summed E-state index contributed by atoms with van der Waals surface area (Å²) in [5, 5.41) is 16.9. The van der Waals surface area contributed by atoms with E-state index in [0.29, 0.717) is 30.4 Å². The number of benzene rings is 2. The van der Waals surface area contributed by atoms with Gasteiger partial charge in [0, 0.05) is 24.8 Å². The third-order valence-corrected chi connectivity index (χ3v) is 6.23. The largest absolute Gasteiger partial charge is 0.449 e. The van der Waals surface area contributed by atoms with Crippen LogP contribution >= 0.6 is 0 Å². The van der Waals surface area contributed by atoms with E-state index in [-0.39, 0.29) is 17.8 Å². The van der Waals surface area contributed by atoms with Crippen molar-refractivity contribution in [1.29, 1.82) is 0 Å². The Hall–Kier alpha value is -3.95. The van der Waals surface area contributed by atoms with Crippen molar-refractivity contribution in [2.75, 3.05) is 29.9 Å². The summed E-state index contributed by atoms with van der Waals surface area (Å²) in [6.45, 7) is 8.32. The van der Waals surface area contributed by atoms with Gasteiger partial charge in [-0.2, -0.15) is 0 Å². The van der Waals surface area contributed by atoms with Crippen LogP contribution in [-0.4, -0.2) is 48.4 Å². The van der Waals surface area contributed by atoms with E-state index in [1.807, 2.05) is 36.9 Å². The molecule has 0 saturated carbocycles. The highest BCUT2D eigenvalue weighted by molar-refractivity contribution is 5.97. The Labute approximate surface area is 210 Å². The lowest BCUT2D eigenvalue weighted by molar-refractivity contribution is -0.384. The van der Waals surface area contributed by atoms with E-state index in [2.05, 4.69) is 17.6 Å². The Morgan fingerprint density at radius 1 is 1.19 bits per heavy atom. The van der Waals surface area contributed by atoms with Gasteiger partial charge in [0.15, 0.2) is 6.10 Å². The van der Waals surface area contributed by atoms with Crippen LogP contribution in [0.4, 0.5) is 17.1 Å². The molecule has 2 aromatic rings. The molecule has 10 nitrogen and oxygen atoms in total. The fraction of sp³-hybridized carbons (Fsp3) is 0.423. The molecular weight excluding hydrogens is 464 g/mol. The van der Waals surface area contributed by atoms with Crippen molar-refractivity contribution < 1.29 is 24.0 Å². The van der Waals surface area contributed by atoms with Crippen LogP contribution in [0.2, 0.25) is 0 Å². The topological polar surface area (TPSA) is 131 Å². The molecule has 0 radical (unpaired) electrons. The van der Waals surface area contributed by atoms with E-state index >= 15 is 0 Å². The summed E-state index contributed by atoms with van der Waals surface area (Å²) in [6, 6.07) is 9.81. The number of aryl methyl sites for hydroxylation is 2. The van der Waals surface area contributed by atoms with Crippen LogP contribution in [0.1, 0.15) is 48.2 Å². The lowest BCUT2D eigenvalue weighted by Crippen LogP contribution is -2.40. The quantitative estimate of drug-likeness (QED) is 0.323. The van der Waals surface area contributed by atoms with Crippen LogP contribution in [0, 0.1) is 29.9 Å². The molecule has 1 fully saturated rings. The number of carbonyl (C=O) groups excluding carboxylic acids is 3. The number of para-hydroxylation sites is 1. The molecule has 0 bridgehead atoms. The molecule has 1 heterocycles. The molecule has 3 rings (SSSR count). The van der Waals surface area contributed by atoms with Gasteiger partial charge in [-0.15, -0.1) is 0 Å². The second kappa shape index (κ2) is 11.7. The van der Waals surface area contributed by atoms with Gasteiger partial charge >= 0.3 is 5.97 Å². The van der Waals surface area contributed by atoms with Crippen molar-refractivity contribution in [1.82, 2.24) is 5.32 Å². The second-order valence-corrected chi connectivity index (χ2v) is 9.23. The van der Waals surface area contributed by atoms with Gasteiger partial charge in [-0.05, 0) is 62.8 Å². The maximum absolute atomic E-state index is 12.6. The third kappa shape index (κ3) is 6.59. The fourth-order valence-corrected chi connectivity index (χ4v) is 4.26. The average molecular weight is 497 g/mol. The van der Waals surface area contributed by atoms with Crippen LogP contribution in [0.5, 0.6) is 0 Å². The fourth-order valence-electron chi connectivity index (χ4n) is 4.26. The van der Waals surface area contributed by atoms with Crippen molar-refractivity contribution in [2.24, 2.45) is 5.92 Å². The molecule has 1 aliphatic rings. The second-order valence-electron chi connectivity index (χ2n) is 9.23. The van der Waals surface area contributed by atoms with E-state index < -0.39 is 28.8 Å². The highest BCUT2D eigenvalue weighted by Gasteiger charge is 2.27. The minimum Gasteiger partial charge on any atom is -0.449 e. The van der Waals surface area contributed by atoms with Gasteiger partial charge in [-0.3, -0.25) is 19.7 Å². The highest BCUT2D eigenvalue weighted by atomic mass is 16.6. The number of nitrogens with one attached hydrogen (secondary N) is 2. The van der Waals surface area contributed by atoms with Crippen molar-refractivity contribution in [3.63, 3.8) is 0 Å². The number of anilines is 2. The monoisotopic (exact) mass is 496 g/mol. The molecule has 2 aromatic carbocycles. The number of esters is 1. The Morgan fingerprint density at radius 3 is 2.53 bits per heavy atom. The van der Waals surface area contributed by atoms with E-state index in [4.69, 9.17) is 4.74 Å². The number of piperidine rings is 1. The van der Waals surface area contributed by atoms with Crippen molar-refractivity contribution in [3.05, 3.63) is 63.2 Å². The number of hydrogen-bond acceptors (Lipinski definition) is 7. The predicted octanol–water partition coefficient (Wildman–Crippen LogP) is 3.75. The summed E-state index contributed by atoms with van der Waals surface area (Å²) >= 11 is 0. The molecule has 2 N–H and O–H groups in total. The van der Waals surface area contributed by atoms with E-state index in [1.165, 1.54) is 19.1 Å². The molecule has 10 heteroatoms. The third-order valence-electron chi connectivity index (χ3n) is 6.23. The maximum atomic E-state index is 12.6. The van der Waals surface area contributed by atoms with Gasteiger partial charge in [0.1, 0.15) is 5.69 Å². The van der Waals surface area contributed by atoms with Crippen molar-refractivity contribution >= 4 is 34.8 Å². The van der Waals surface area contributed by atoms with Crippen LogP contribution in [0.3, 0.4) is 0 Å². The molecule has 2 amide bonds. The van der Waals surface area contributed by atoms with Gasteiger partial charge < -0.3 is 20.3 Å². The minimum absolute atomic E-state index is 0.0251. The lowest BCUT2D eigenvalue weighted by atomic mass is 9.99. The van der Waals surface area contributed by atoms with Crippen molar-refractivity contribution in [3.8, 4) is 0 Å². The zero-order chi connectivity index (χ0) is 26.4. The maximum Gasteiger partial charge on any atom is 0.339 e. The number of rotatable bonds is 8. The molecule has 1 saturated heterocycles. The average Bonchev–Trinajstić information content (AvgIpc) is 2.84. The molecule has 2 atom stereocenters. The zero-order valence-electron chi connectivity index (χ0n) is 21.0. The smallest absolute Gasteiger partial charge is 0.339 e. The summed E-state index contributed by atoms with van der Waals surface area (Å²) in [5.41, 5.74) is 2.73. The zero-order valence-corrected chi connectivity index (χ0v) is 21.0. The first-order chi connectivity index (χ1) is 17.1. The van der Waals surface area contributed by atoms with E-state index in [0.717, 1.165) is 24.0 Å². The number of nitro benzene ring substituents is 1. The summed E-state index contributed by atoms with van der Waals surface area (Å²) < 4.78 is 5.21. The number of amides is 2. The van der Waals surface area contributed by atoms with Crippen LogP contribution < -0.4 is 15.5 Å².